The van der Waals surface area contributed by atoms with Crippen molar-refractivity contribution in [1.29, 1.82) is 0 Å². The van der Waals surface area contributed by atoms with Gasteiger partial charge in [0.2, 0.25) is 10.0 Å². The van der Waals surface area contributed by atoms with E-state index in [0.29, 0.717) is 47.7 Å². The molecule has 0 N–H and O–H groups in total. The molecule has 1 aliphatic rings. The Morgan fingerprint density at radius 1 is 1.38 bits per heavy atom. The SMILES string of the molecule is CCN(CC1CC1)S(=O)(=O)c1c(C)nn(CCCCl)c1C. The lowest BCUT2D eigenvalue weighted by atomic mass is 10.4. The fraction of sp³-hybridized carbons (Fsp3) is 0.786. The summed E-state index contributed by atoms with van der Waals surface area (Å²) in [6, 6.07) is 0. The van der Waals surface area contributed by atoms with E-state index in [1.165, 1.54) is 0 Å². The van der Waals surface area contributed by atoms with Crippen LogP contribution in [0.4, 0.5) is 0 Å². The van der Waals surface area contributed by atoms with Crippen LogP contribution in [0.15, 0.2) is 4.90 Å². The molecule has 120 valence electrons. The Balaban J connectivity index is 2.31. The molecule has 0 saturated heterocycles. The first-order chi connectivity index (χ1) is 9.91. The molecule has 2 rings (SSSR count). The van der Waals surface area contributed by atoms with Gasteiger partial charge in [0, 0.05) is 25.5 Å². The van der Waals surface area contributed by atoms with Crippen molar-refractivity contribution in [3.63, 3.8) is 0 Å². The van der Waals surface area contributed by atoms with E-state index in [2.05, 4.69) is 5.10 Å². The van der Waals surface area contributed by atoms with Gasteiger partial charge in [0.25, 0.3) is 0 Å². The molecule has 1 aromatic rings. The first-order valence-corrected chi connectivity index (χ1v) is 9.49. The predicted molar refractivity (Wildman–Crippen MR) is 84.2 cm³/mol. The van der Waals surface area contributed by atoms with Crippen molar-refractivity contribution in [3.8, 4) is 0 Å². The maximum atomic E-state index is 12.9. The molecule has 21 heavy (non-hydrogen) atoms. The zero-order chi connectivity index (χ0) is 15.6. The van der Waals surface area contributed by atoms with Crippen LogP contribution < -0.4 is 0 Å². The van der Waals surface area contributed by atoms with Gasteiger partial charge < -0.3 is 0 Å². The second-order valence-electron chi connectivity index (χ2n) is 5.66. The van der Waals surface area contributed by atoms with Crippen LogP contribution in [-0.4, -0.2) is 41.5 Å². The number of nitrogens with zero attached hydrogens (tertiary/aromatic N) is 3. The summed E-state index contributed by atoms with van der Waals surface area (Å²) in [4.78, 5) is 0.375. The van der Waals surface area contributed by atoms with Crippen molar-refractivity contribution in [1.82, 2.24) is 14.1 Å². The van der Waals surface area contributed by atoms with Crippen LogP contribution in [0.1, 0.15) is 37.6 Å². The second kappa shape index (κ2) is 6.67. The number of rotatable bonds is 8. The van der Waals surface area contributed by atoms with Gasteiger partial charge in [-0.25, -0.2) is 8.42 Å². The standard InChI is InChI=1S/C14H24ClN3O2S/c1-4-17(10-13-6-7-13)21(19,20)14-11(2)16-18(12(14)3)9-5-8-15/h13H,4-10H2,1-3H3. The molecule has 0 atom stereocenters. The van der Waals surface area contributed by atoms with Gasteiger partial charge in [0.15, 0.2) is 0 Å². The van der Waals surface area contributed by atoms with Gasteiger partial charge in [0.05, 0.1) is 11.4 Å². The number of alkyl halides is 1. The van der Waals surface area contributed by atoms with Crippen LogP contribution in [-0.2, 0) is 16.6 Å². The maximum Gasteiger partial charge on any atom is 0.246 e. The van der Waals surface area contributed by atoms with Crippen LogP contribution in [0.25, 0.3) is 0 Å². The second-order valence-corrected chi connectivity index (χ2v) is 7.92. The average Bonchev–Trinajstić information content (AvgIpc) is 3.19. The van der Waals surface area contributed by atoms with Crippen molar-refractivity contribution >= 4 is 21.6 Å². The molecular weight excluding hydrogens is 310 g/mol. The molecule has 1 aliphatic carbocycles. The molecule has 7 heteroatoms. The molecular formula is C14H24ClN3O2S. The summed E-state index contributed by atoms with van der Waals surface area (Å²) in [5.41, 5.74) is 1.29. The van der Waals surface area contributed by atoms with Crippen LogP contribution in [0, 0.1) is 19.8 Å². The van der Waals surface area contributed by atoms with Crippen LogP contribution in [0.3, 0.4) is 0 Å². The highest BCUT2D eigenvalue weighted by atomic mass is 35.5. The number of aryl methyl sites for hydroxylation is 2. The van der Waals surface area contributed by atoms with E-state index >= 15 is 0 Å². The van der Waals surface area contributed by atoms with Crippen molar-refractivity contribution in [2.45, 2.75) is 51.5 Å². The molecule has 1 fully saturated rings. The summed E-state index contributed by atoms with van der Waals surface area (Å²) in [7, 11) is -3.45. The molecule has 0 amide bonds. The minimum atomic E-state index is -3.45. The van der Waals surface area contributed by atoms with Crippen molar-refractivity contribution < 1.29 is 8.42 Å². The summed E-state index contributed by atoms with van der Waals surface area (Å²) in [6.45, 7) is 7.27. The zero-order valence-electron chi connectivity index (χ0n) is 13.0. The highest BCUT2D eigenvalue weighted by Crippen LogP contribution is 2.32. The molecule has 0 spiro atoms. The summed E-state index contributed by atoms with van der Waals surface area (Å²) in [5, 5.41) is 4.38. The highest BCUT2D eigenvalue weighted by molar-refractivity contribution is 7.89. The third-order valence-electron chi connectivity index (χ3n) is 3.93. The quantitative estimate of drug-likeness (QED) is 0.687. The number of hydrogen-bond donors (Lipinski definition) is 0. The zero-order valence-corrected chi connectivity index (χ0v) is 14.5. The Kier molecular flexibility index (Phi) is 5.33. The Labute approximate surface area is 132 Å². The molecule has 1 aromatic heterocycles. The Morgan fingerprint density at radius 2 is 2.05 bits per heavy atom. The summed E-state index contributed by atoms with van der Waals surface area (Å²) >= 11 is 5.71. The minimum absolute atomic E-state index is 0.375. The molecule has 1 saturated carbocycles. The normalized spacial score (nSPS) is 15.9. The number of aromatic nitrogens is 2. The number of sulfonamides is 1. The average molecular weight is 334 g/mol. The fourth-order valence-electron chi connectivity index (χ4n) is 2.60. The monoisotopic (exact) mass is 333 g/mol. The summed E-state index contributed by atoms with van der Waals surface area (Å²) < 4.78 is 29.2. The first kappa shape index (κ1) is 16.8. The van der Waals surface area contributed by atoms with E-state index in [4.69, 9.17) is 11.6 Å². The van der Waals surface area contributed by atoms with Crippen molar-refractivity contribution in [2.75, 3.05) is 19.0 Å². The van der Waals surface area contributed by atoms with Gasteiger partial charge in [-0.2, -0.15) is 9.40 Å². The largest absolute Gasteiger partial charge is 0.268 e. The van der Waals surface area contributed by atoms with Crippen LogP contribution in [0.5, 0.6) is 0 Å². The summed E-state index contributed by atoms with van der Waals surface area (Å²) in [6.07, 6.45) is 3.06. The van der Waals surface area contributed by atoms with E-state index < -0.39 is 10.0 Å². The van der Waals surface area contributed by atoms with E-state index in [1.807, 2.05) is 13.8 Å². The van der Waals surface area contributed by atoms with Crippen molar-refractivity contribution in [2.24, 2.45) is 5.92 Å². The van der Waals surface area contributed by atoms with Gasteiger partial charge >= 0.3 is 0 Å². The Hall–Kier alpha value is -0.590. The molecule has 5 nitrogen and oxygen atoms in total. The summed E-state index contributed by atoms with van der Waals surface area (Å²) in [5.74, 6) is 1.08. The van der Waals surface area contributed by atoms with E-state index in [9.17, 15) is 8.42 Å². The molecule has 0 unspecified atom stereocenters. The van der Waals surface area contributed by atoms with Gasteiger partial charge in [-0.1, -0.05) is 6.92 Å². The minimum Gasteiger partial charge on any atom is -0.268 e. The topological polar surface area (TPSA) is 55.2 Å². The first-order valence-electron chi connectivity index (χ1n) is 7.52. The highest BCUT2D eigenvalue weighted by Gasteiger charge is 2.34. The van der Waals surface area contributed by atoms with Gasteiger partial charge in [-0.15, -0.1) is 11.6 Å². The van der Waals surface area contributed by atoms with E-state index in [-0.39, 0.29) is 0 Å². The number of hydrogen-bond acceptors (Lipinski definition) is 3. The molecule has 0 bridgehead atoms. The van der Waals surface area contributed by atoms with E-state index in [1.54, 1.807) is 15.9 Å². The molecule has 1 heterocycles. The molecule has 0 radical (unpaired) electrons. The molecule has 0 aromatic carbocycles. The van der Waals surface area contributed by atoms with Crippen LogP contribution >= 0.6 is 11.6 Å². The van der Waals surface area contributed by atoms with Gasteiger partial charge in [-0.05, 0) is 39.0 Å². The molecule has 0 aliphatic heterocycles. The Morgan fingerprint density at radius 3 is 2.57 bits per heavy atom. The van der Waals surface area contributed by atoms with Gasteiger partial charge in [0.1, 0.15) is 4.90 Å². The third kappa shape index (κ3) is 3.60. The lowest BCUT2D eigenvalue weighted by molar-refractivity contribution is 0.411. The maximum absolute atomic E-state index is 12.9. The lowest BCUT2D eigenvalue weighted by Gasteiger charge is -2.20. The van der Waals surface area contributed by atoms with E-state index in [0.717, 1.165) is 19.3 Å². The smallest absolute Gasteiger partial charge is 0.246 e. The Bertz CT molecular complexity index is 594. The predicted octanol–water partition coefficient (Wildman–Crippen LogP) is 2.55. The lowest BCUT2D eigenvalue weighted by Crippen LogP contribution is -2.33. The van der Waals surface area contributed by atoms with Crippen molar-refractivity contribution in [3.05, 3.63) is 11.4 Å². The third-order valence-corrected chi connectivity index (χ3v) is 6.39. The van der Waals surface area contributed by atoms with Crippen LogP contribution in [0.2, 0.25) is 0 Å². The van der Waals surface area contributed by atoms with Gasteiger partial charge in [-0.3, -0.25) is 4.68 Å². The fourth-order valence-corrected chi connectivity index (χ4v) is 4.61. The number of halogens is 1.